The Morgan fingerprint density at radius 1 is 1.26 bits per heavy atom. The van der Waals surface area contributed by atoms with E-state index in [9.17, 15) is 10.2 Å². The van der Waals surface area contributed by atoms with Gasteiger partial charge in [0.2, 0.25) is 0 Å². The number of piperidine rings is 1. The first kappa shape index (κ1) is 19.6. The monoisotopic (exact) mass is 471 g/mol. The largest absolute Gasteiger partial charge is 0.504 e. The standard InChI is InChI=1S/C27H25N3O3S/c31-20-10-19(28-13-34)16-9-21-27(32)11-17-15-3-1-2-4-18(15)29-23(17)25-26(27,22(16)24(20)33-25)7-8-30(21)12-14-5-6-14/h1-4,10,14,21,25,29,31-32H,5-9,11-12H2/t21-,25+,26+,27-/m1/s1. The maximum absolute atomic E-state index is 12.9. The van der Waals surface area contributed by atoms with Gasteiger partial charge in [-0.2, -0.15) is 4.99 Å². The smallest absolute Gasteiger partial charge is 0.166 e. The Labute approximate surface area is 202 Å². The number of isothiocyanates is 1. The van der Waals surface area contributed by atoms with E-state index in [-0.39, 0.29) is 17.9 Å². The molecule has 1 saturated heterocycles. The minimum Gasteiger partial charge on any atom is -0.504 e. The summed E-state index contributed by atoms with van der Waals surface area (Å²) in [7, 11) is 0. The van der Waals surface area contributed by atoms with Crippen molar-refractivity contribution in [3.8, 4) is 11.5 Å². The van der Waals surface area contributed by atoms with E-state index in [1.807, 2.05) is 6.07 Å². The summed E-state index contributed by atoms with van der Waals surface area (Å²) in [6.45, 7) is 1.94. The SMILES string of the molecule is Oc1cc(N=C=S)c2c3c1O[C@H]1c4[nH]c5ccccc5c4C[C@@]4(O)[C@@H](C2)N(CC2CC2)CC[C@]314. The van der Waals surface area contributed by atoms with Crippen molar-refractivity contribution < 1.29 is 14.9 Å². The van der Waals surface area contributed by atoms with Crippen LogP contribution in [0.25, 0.3) is 10.9 Å². The van der Waals surface area contributed by atoms with Gasteiger partial charge in [-0.3, -0.25) is 4.90 Å². The predicted octanol–water partition coefficient (Wildman–Crippen LogP) is 4.31. The van der Waals surface area contributed by atoms with Gasteiger partial charge in [0.25, 0.3) is 0 Å². The number of thiocarbonyl (C=S) groups is 1. The molecular weight excluding hydrogens is 446 g/mol. The number of H-pyrrole nitrogens is 1. The number of phenols is 1. The molecule has 3 heterocycles. The molecule has 8 rings (SSSR count). The Morgan fingerprint density at radius 3 is 2.94 bits per heavy atom. The number of hydrogen-bond acceptors (Lipinski definition) is 6. The second kappa shape index (κ2) is 6.29. The fraction of sp³-hybridized carbons (Fsp3) is 0.444. The summed E-state index contributed by atoms with van der Waals surface area (Å²) in [5.41, 5.74) is 4.22. The number of fused-ring (bicyclic) bond motifs is 4. The van der Waals surface area contributed by atoms with Crippen LogP contribution in [-0.4, -0.2) is 50.0 Å². The molecule has 34 heavy (non-hydrogen) atoms. The summed E-state index contributed by atoms with van der Waals surface area (Å²) in [4.78, 5) is 10.5. The molecule has 7 heteroatoms. The highest BCUT2D eigenvalue weighted by Gasteiger charge is 2.73. The van der Waals surface area contributed by atoms with E-state index in [4.69, 9.17) is 17.0 Å². The molecule has 0 unspecified atom stereocenters. The number of nitrogens with zero attached hydrogens (tertiary/aromatic N) is 2. The molecule has 1 aromatic heterocycles. The van der Waals surface area contributed by atoms with Crippen molar-refractivity contribution >= 4 is 34.0 Å². The summed E-state index contributed by atoms with van der Waals surface area (Å²) in [5.74, 6) is 1.29. The number of aromatic amines is 1. The molecule has 0 radical (unpaired) electrons. The Bertz CT molecular complexity index is 1460. The van der Waals surface area contributed by atoms with Gasteiger partial charge in [0.15, 0.2) is 17.6 Å². The number of benzene rings is 2. The number of phenolic OH excluding ortho intramolecular Hbond substituents is 1. The molecule has 1 saturated carbocycles. The van der Waals surface area contributed by atoms with E-state index in [1.54, 1.807) is 6.07 Å². The third kappa shape index (κ3) is 2.16. The van der Waals surface area contributed by atoms with Crippen LogP contribution in [0.1, 0.15) is 47.8 Å². The highest BCUT2D eigenvalue weighted by Crippen LogP contribution is 2.70. The molecule has 5 aliphatic rings. The first-order chi connectivity index (χ1) is 16.5. The van der Waals surface area contributed by atoms with Gasteiger partial charge >= 0.3 is 0 Å². The van der Waals surface area contributed by atoms with Gasteiger partial charge in [-0.25, -0.2) is 0 Å². The van der Waals surface area contributed by atoms with Gasteiger partial charge in [0.1, 0.15) is 0 Å². The number of rotatable bonds is 3. The molecule has 2 aromatic carbocycles. The minimum atomic E-state index is -1.01. The molecule has 2 bridgehead atoms. The third-order valence-corrected chi connectivity index (χ3v) is 9.43. The predicted molar refractivity (Wildman–Crippen MR) is 131 cm³/mol. The Kier molecular flexibility index (Phi) is 3.63. The van der Waals surface area contributed by atoms with Crippen LogP contribution in [0.4, 0.5) is 5.69 Å². The fourth-order valence-electron chi connectivity index (χ4n) is 7.79. The maximum atomic E-state index is 12.9. The molecular formula is C27H25N3O3S. The third-order valence-electron chi connectivity index (χ3n) is 9.34. The second-order valence-electron chi connectivity index (χ2n) is 10.8. The van der Waals surface area contributed by atoms with Gasteiger partial charge in [0, 0.05) is 41.5 Å². The molecule has 0 amide bonds. The molecule has 2 fully saturated rings. The number of aromatic hydroxyl groups is 1. The zero-order valence-corrected chi connectivity index (χ0v) is 19.5. The summed E-state index contributed by atoms with van der Waals surface area (Å²) < 4.78 is 6.64. The van der Waals surface area contributed by atoms with Gasteiger partial charge in [-0.1, -0.05) is 18.2 Å². The normalized spacial score (nSPS) is 32.6. The van der Waals surface area contributed by atoms with E-state index < -0.39 is 11.0 Å². The average Bonchev–Trinajstić information content (AvgIpc) is 3.46. The molecule has 3 aliphatic carbocycles. The van der Waals surface area contributed by atoms with Crippen LogP contribution in [0.5, 0.6) is 11.5 Å². The number of hydrogen-bond donors (Lipinski definition) is 3. The number of nitrogens with one attached hydrogen (secondary N) is 1. The number of para-hydroxylation sites is 1. The lowest BCUT2D eigenvalue weighted by molar-refractivity contribution is -0.173. The molecule has 1 spiro atoms. The zero-order valence-electron chi connectivity index (χ0n) is 18.7. The van der Waals surface area contributed by atoms with Gasteiger partial charge in [-0.05, 0) is 67.6 Å². The zero-order chi connectivity index (χ0) is 22.8. The fourth-order valence-corrected chi connectivity index (χ4v) is 7.89. The van der Waals surface area contributed by atoms with Crippen LogP contribution >= 0.6 is 12.2 Å². The Morgan fingerprint density at radius 2 is 2.12 bits per heavy atom. The Hall–Kier alpha value is -2.70. The molecule has 4 atom stereocenters. The lowest BCUT2D eigenvalue weighted by atomic mass is 9.49. The van der Waals surface area contributed by atoms with Gasteiger partial charge < -0.3 is 19.9 Å². The van der Waals surface area contributed by atoms with Gasteiger partial charge in [-0.15, -0.1) is 0 Å². The average molecular weight is 472 g/mol. The van der Waals surface area contributed by atoms with Crippen LogP contribution in [0, 0.1) is 5.92 Å². The number of aliphatic imine (C=N–C) groups is 1. The van der Waals surface area contributed by atoms with Crippen LogP contribution in [0.3, 0.4) is 0 Å². The molecule has 3 aromatic rings. The van der Waals surface area contributed by atoms with Crippen LogP contribution in [0.15, 0.2) is 35.3 Å². The van der Waals surface area contributed by atoms with E-state index in [1.165, 1.54) is 12.8 Å². The number of ether oxygens (including phenoxy) is 1. The van der Waals surface area contributed by atoms with Crippen molar-refractivity contribution in [2.75, 3.05) is 13.1 Å². The van der Waals surface area contributed by atoms with E-state index in [0.29, 0.717) is 24.3 Å². The number of likely N-dealkylation sites (tertiary alicyclic amines) is 1. The highest BCUT2D eigenvalue weighted by atomic mass is 32.1. The quantitative estimate of drug-likeness (QED) is 0.392. The second-order valence-corrected chi connectivity index (χ2v) is 11.0. The van der Waals surface area contributed by atoms with Crippen molar-refractivity contribution in [1.82, 2.24) is 9.88 Å². The molecule has 2 aliphatic heterocycles. The molecule has 172 valence electrons. The van der Waals surface area contributed by atoms with Crippen molar-refractivity contribution in [2.24, 2.45) is 10.9 Å². The maximum Gasteiger partial charge on any atom is 0.166 e. The first-order valence-corrected chi connectivity index (χ1v) is 12.7. The topological polar surface area (TPSA) is 81.1 Å². The van der Waals surface area contributed by atoms with E-state index >= 15 is 0 Å². The summed E-state index contributed by atoms with van der Waals surface area (Å²) in [6.07, 6.45) is 4.18. The number of aromatic nitrogens is 1. The Balaban J connectivity index is 1.44. The van der Waals surface area contributed by atoms with Crippen molar-refractivity contribution in [1.29, 1.82) is 0 Å². The van der Waals surface area contributed by atoms with Crippen LogP contribution in [-0.2, 0) is 18.3 Å². The molecule has 6 nitrogen and oxygen atoms in total. The number of aliphatic hydroxyl groups is 1. The summed E-state index contributed by atoms with van der Waals surface area (Å²) in [5, 5.41) is 27.5. The first-order valence-electron chi connectivity index (χ1n) is 12.2. The highest BCUT2D eigenvalue weighted by molar-refractivity contribution is 7.78. The van der Waals surface area contributed by atoms with E-state index in [2.05, 4.69) is 38.2 Å². The summed E-state index contributed by atoms with van der Waals surface area (Å²) in [6, 6.07) is 9.90. The molecule has 3 N–H and O–H groups in total. The van der Waals surface area contributed by atoms with Crippen LogP contribution < -0.4 is 4.74 Å². The lowest BCUT2D eigenvalue weighted by Gasteiger charge is -2.62. The van der Waals surface area contributed by atoms with Crippen molar-refractivity contribution in [3.05, 3.63) is 52.7 Å². The minimum absolute atomic E-state index is 0.0446. The summed E-state index contributed by atoms with van der Waals surface area (Å²) >= 11 is 4.95. The van der Waals surface area contributed by atoms with Crippen molar-refractivity contribution in [2.45, 2.75) is 55.3 Å². The van der Waals surface area contributed by atoms with Gasteiger partial charge in [0.05, 0.1) is 27.6 Å². The van der Waals surface area contributed by atoms with Crippen molar-refractivity contribution in [3.63, 3.8) is 0 Å². The van der Waals surface area contributed by atoms with Crippen LogP contribution in [0.2, 0.25) is 0 Å². The van der Waals surface area contributed by atoms with E-state index in [0.717, 1.165) is 58.7 Å². The lowest BCUT2D eigenvalue weighted by Crippen LogP contribution is -2.74.